The Morgan fingerprint density at radius 2 is 2.10 bits per heavy atom. The van der Waals surface area contributed by atoms with Crippen molar-refractivity contribution in [1.29, 1.82) is 0 Å². The summed E-state index contributed by atoms with van der Waals surface area (Å²) in [6.45, 7) is 0. The molecule has 1 aromatic carbocycles. The van der Waals surface area contributed by atoms with Gasteiger partial charge in [0, 0.05) is 12.3 Å². The standard InChI is InChI=1S/C12H6Cl2N2O5/c13-7-2-1-3-9(10(7)14)21-11-8(16(19)20)4-6(5-15-11)12(17)18/h1-5H,(H,17,18). The first-order valence-corrected chi connectivity index (χ1v) is 6.15. The molecule has 1 heterocycles. The Kier molecular flexibility index (Phi) is 4.25. The molecular formula is C12H6Cl2N2O5. The van der Waals surface area contributed by atoms with Crippen LogP contribution in [0.25, 0.3) is 0 Å². The van der Waals surface area contributed by atoms with Crippen LogP contribution in [-0.2, 0) is 0 Å². The molecule has 0 fully saturated rings. The minimum Gasteiger partial charge on any atom is -0.478 e. The summed E-state index contributed by atoms with van der Waals surface area (Å²) in [6, 6.07) is 5.36. The SMILES string of the molecule is O=C(O)c1cnc(Oc2cccc(Cl)c2Cl)c([N+](=O)[O-])c1. The number of carboxylic acid groups (broad SMARTS) is 1. The van der Waals surface area contributed by atoms with E-state index in [9.17, 15) is 14.9 Å². The van der Waals surface area contributed by atoms with Crippen LogP contribution in [0.2, 0.25) is 10.0 Å². The fraction of sp³-hybridized carbons (Fsp3) is 0. The molecule has 0 atom stereocenters. The first-order valence-electron chi connectivity index (χ1n) is 5.39. The number of hydrogen-bond acceptors (Lipinski definition) is 5. The molecule has 0 unspecified atom stereocenters. The van der Waals surface area contributed by atoms with Crippen molar-refractivity contribution in [2.75, 3.05) is 0 Å². The van der Waals surface area contributed by atoms with Gasteiger partial charge in [0.2, 0.25) is 0 Å². The summed E-state index contributed by atoms with van der Waals surface area (Å²) >= 11 is 11.7. The summed E-state index contributed by atoms with van der Waals surface area (Å²) in [5, 5.41) is 20.1. The van der Waals surface area contributed by atoms with Gasteiger partial charge in [-0.15, -0.1) is 0 Å². The Balaban J connectivity index is 2.46. The van der Waals surface area contributed by atoms with Gasteiger partial charge in [0.1, 0.15) is 10.8 Å². The molecular weight excluding hydrogens is 323 g/mol. The lowest BCUT2D eigenvalue weighted by atomic mass is 10.2. The third kappa shape index (κ3) is 3.21. The molecule has 7 nitrogen and oxygen atoms in total. The van der Waals surface area contributed by atoms with Gasteiger partial charge < -0.3 is 9.84 Å². The molecule has 0 aliphatic heterocycles. The summed E-state index contributed by atoms with van der Waals surface area (Å²) in [7, 11) is 0. The molecule has 1 N–H and O–H groups in total. The molecule has 0 radical (unpaired) electrons. The van der Waals surface area contributed by atoms with Gasteiger partial charge in [-0.25, -0.2) is 9.78 Å². The van der Waals surface area contributed by atoms with Crippen LogP contribution in [0.1, 0.15) is 10.4 Å². The van der Waals surface area contributed by atoms with Gasteiger partial charge in [-0.05, 0) is 12.1 Å². The average molecular weight is 329 g/mol. The van der Waals surface area contributed by atoms with Crippen molar-refractivity contribution < 1.29 is 19.6 Å². The minimum atomic E-state index is -1.34. The number of aromatic carboxylic acids is 1. The van der Waals surface area contributed by atoms with Gasteiger partial charge in [0.05, 0.1) is 15.5 Å². The Morgan fingerprint density at radius 3 is 2.71 bits per heavy atom. The van der Waals surface area contributed by atoms with E-state index in [2.05, 4.69) is 4.98 Å². The highest BCUT2D eigenvalue weighted by molar-refractivity contribution is 6.42. The number of nitrogens with zero attached hydrogens (tertiary/aromatic N) is 2. The minimum absolute atomic E-state index is 0.0672. The highest BCUT2D eigenvalue weighted by Gasteiger charge is 2.22. The Labute approximate surface area is 127 Å². The molecule has 21 heavy (non-hydrogen) atoms. The molecule has 0 amide bonds. The van der Waals surface area contributed by atoms with Crippen molar-refractivity contribution in [1.82, 2.24) is 4.98 Å². The van der Waals surface area contributed by atoms with Crippen molar-refractivity contribution in [3.05, 3.63) is 56.2 Å². The number of carboxylic acids is 1. The lowest BCUT2D eigenvalue weighted by Crippen LogP contribution is -2.02. The number of nitro groups is 1. The Bertz CT molecular complexity index is 736. The quantitative estimate of drug-likeness (QED) is 0.676. The molecule has 2 rings (SSSR count). The van der Waals surface area contributed by atoms with E-state index >= 15 is 0 Å². The maximum atomic E-state index is 11.0. The zero-order chi connectivity index (χ0) is 15.6. The van der Waals surface area contributed by atoms with Gasteiger partial charge in [-0.1, -0.05) is 29.3 Å². The predicted octanol–water partition coefficient (Wildman–Crippen LogP) is 3.79. The molecule has 1 aromatic heterocycles. The summed E-state index contributed by atoms with van der Waals surface area (Å²) < 4.78 is 5.26. The van der Waals surface area contributed by atoms with Crippen LogP contribution in [0.15, 0.2) is 30.5 Å². The second-order valence-electron chi connectivity index (χ2n) is 3.76. The maximum Gasteiger partial charge on any atom is 0.337 e. The number of aromatic nitrogens is 1. The van der Waals surface area contributed by atoms with Crippen LogP contribution in [0, 0.1) is 10.1 Å². The van der Waals surface area contributed by atoms with Gasteiger partial charge in [-0.3, -0.25) is 10.1 Å². The van der Waals surface area contributed by atoms with E-state index in [-0.39, 0.29) is 27.2 Å². The normalized spacial score (nSPS) is 10.2. The molecule has 0 aliphatic carbocycles. The largest absolute Gasteiger partial charge is 0.478 e. The number of benzene rings is 1. The zero-order valence-corrected chi connectivity index (χ0v) is 11.6. The number of hydrogen-bond donors (Lipinski definition) is 1. The third-order valence-electron chi connectivity index (χ3n) is 2.40. The van der Waals surface area contributed by atoms with Gasteiger partial charge in [-0.2, -0.15) is 0 Å². The van der Waals surface area contributed by atoms with Crippen molar-refractivity contribution in [3.63, 3.8) is 0 Å². The first kappa shape index (κ1) is 15.0. The van der Waals surface area contributed by atoms with Crippen molar-refractivity contribution in [3.8, 4) is 11.6 Å². The van der Waals surface area contributed by atoms with Crippen LogP contribution in [0.4, 0.5) is 5.69 Å². The number of carbonyl (C=O) groups is 1. The second-order valence-corrected chi connectivity index (χ2v) is 4.55. The van der Waals surface area contributed by atoms with Crippen LogP contribution in [-0.4, -0.2) is 21.0 Å². The fourth-order valence-electron chi connectivity index (χ4n) is 1.43. The molecule has 0 saturated carbocycles. The molecule has 2 aromatic rings. The van der Waals surface area contributed by atoms with Crippen molar-refractivity contribution in [2.45, 2.75) is 0 Å². The predicted molar refractivity (Wildman–Crippen MR) is 74.4 cm³/mol. The second kappa shape index (κ2) is 5.94. The third-order valence-corrected chi connectivity index (χ3v) is 3.20. The van der Waals surface area contributed by atoms with Gasteiger partial charge in [0.25, 0.3) is 5.88 Å². The van der Waals surface area contributed by atoms with E-state index in [1.54, 1.807) is 6.07 Å². The highest BCUT2D eigenvalue weighted by atomic mass is 35.5. The summed E-state index contributed by atoms with van der Waals surface area (Å²) in [6.07, 6.45) is 0.948. The van der Waals surface area contributed by atoms with Crippen LogP contribution in [0.3, 0.4) is 0 Å². The zero-order valence-electron chi connectivity index (χ0n) is 10.1. The summed E-state index contributed by atoms with van der Waals surface area (Å²) in [5.74, 6) is -1.64. The van der Waals surface area contributed by atoms with Crippen LogP contribution >= 0.6 is 23.2 Å². The molecule has 0 spiro atoms. The van der Waals surface area contributed by atoms with E-state index in [0.717, 1.165) is 12.3 Å². The lowest BCUT2D eigenvalue weighted by Gasteiger charge is -2.08. The molecule has 9 heteroatoms. The monoisotopic (exact) mass is 328 g/mol. The van der Waals surface area contributed by atoms with E-state index in [4.69, 9.17) is 33.0 Å². The molecule has 0 saturated heterocycles. The van der Waals surface area contributed by atoms with Crippen LogP contribution in [0.5, 0.6) is 11.6 Å². The van der Waals surface area contributed by atoms with Gasteiger partial charge >= 0.3 is 11.7 Å². The number of ether oxygens (including phenoxy) is 1. The maximum absolute atomic E-state index is 11.0. The Hall–Kier alpha value is -2.38. The first-order chi connectivity index (χ1) is 9.90. The smallest absolute Gasteiger partial charge is 0.337 e. The number of rotatable bonds is 4. The van der Waals surface area contributed by atoms with E-state index in [1.807, 2.05) is 0 Å². The van der Waals surface area contributed by atoms with E-state index in [1.165, 1.54) is 12.1 Å². The molecule has 108 valence electrons. The Morgan fingerprint density at radius 1 is 1.38 bits per heavy atom. The fourth-order valence-corrected chi connectivity index (χ4v) is 1.76. The van der Waals surface area contributed by atoms with E-state index in [0.29, 0.717) is 0 Å². The lowest BCUT2D eigenvalue weighted by molar-refractivity contribution is -0.386. The van der Waals surface area contributed by atoms with E-state index < -0.39 is 16.6 Å². The topological polar surface area (TPSA) is 103 Å². The number of pyridine rings is 1. The molecule has 0 bridgehead atoms. The summed E-state index contributed by atoms with van der Waals surface area (Å²) in [5.41, 5.74) is -0.919. The van der Waals surface area contributed by atoms with Gasteiger partial charge in [0.15, 0.2) is 0 Å². The van der Waals surface area contributed by atoms with Crippen LogP contribution < -0.4 is 4.74 Å². The van der Waals surface area contributed by atoms with Crippen molar-refractivity contribution in [2.24, 2.45) is 0 Å². The molecule has 0 aliphatic rings. The van der Waals surface area contributed by atoms with Crippen molar-refractivity contribution >= 4 is 34.9 Å². The average Bonchev–Trinajstić information content (AvgIpc) is 2.43. The highest BCUT2D eigenvalue weighted by Crippen LogP contribution is 2.36. The number of halogens is 2. The summed E-state index contributed by atoms with van der Waals surface area (Å²) in [4.78, 5) is 24.6.